The quantitative estimate of drug-likeness (QED) is 0.0304. The van der Waals surface area contributed by atoms with Gasteiger partial charge in [0.15, 0.2) is 5.96 Å². The number of rotatable bonds is 19. The standard InChI is InChI=1S/C49H66N14O10/c1-3-4-14-34(57-28(2)64)42(66)59-36-17-18-41(65)53-21-19-37(45(69)63-40(48(72)73)23-30-25-55-33-15-9-8-13-32(30)33)60-43(67)35(16-10-20-54-49(50)51)58-46(70)38(22-29-11-6-5-7-12-29)61-47(71)39(62-44(36)68)24-31-26-52-27-56-31/h5-9,11-13,15,25-27,34-40,55H,3-4,10,14,16-24H2,1-2H3,(H,52,56)(H,53,65)(H,57,64)(H,58,70)(H,59,66)(H,60,67)(H,61,71)(H,62,68)(H,63,69)(H,72,73)(H4,50,51,54)/t34-,35-,36-,37?,38+,39-,40-/m0/s1. The molecule has 4 aromatic rings. The number of H-pyrrole nitrogens is 2. The average molecular weight is 1010 g/mol. The first-order valence-electron chi connectivity index (χ1n) is 24.2. The molecular weight excluding hydrogens is 945 g/mol. The van der Waals surface area contributed by atoms with E-state index in [0.717, 1.165) is 10.9 Å². The maximum Gasteiger partial charge on any atom is 0.326 e. The topological polar surface area (TPSA) is 379 Å². The summed E-state index contributed by atoms with van der Waals surface area (Å²) in [5.41, 5.74) is 13.5. The Morgan fingerprint density at radius 3 is 2.18 bits per heavy atom. The van der Waals surface area contributed by atoms with Crippen LogP contribution in [-0.4, -0.2) is 135 Å². The number of carboxylic acids is 1. The number of imidazole rings is 1. The van der Waals surface area contributed by atoms with Crippen molar-refractivity contribution >= 4 is 70.1 Å². The summed E-state index contributed by atoms with van der Waals surface area (Å²) >= 11 is 0. The number of aliphatic imine (C=N–C) groups is 1. The van der Waals surface area contributed by atoms with Gasteiger partial charge < -0.3 is 69.1 Å². The number of nitrogens with two attached hydrogens (primary N) is 2. The second kappa shape index (κ2) is 27.9. The van der Waals surface area contributed by atoms with Crippen LogP contribution >= 0.6 is 0 Å². The van der Waals surface area contributed by atoms with E-state index in [1.165, 1.54) is 19.4 Å². The number of unbranched alkanes of at least 4 members (excludes halogenated alkanes) is 1. The summed E-state index contributed by atoms with van der Waals surface area (Å²) < 4.78 is 0. The molecule has 0 bridgehead atoms. The Hall–Kier alpha value is -8.31. The Bertz CT molecular complexity index is 2560. The van der Waals surface area contributed by atoms with Gasteiger partial charge in [0.05, 0.1) is 6.33 Å². The van der Waals surface area contributed by atoms with Crippen LogP contribution in [-0.2, 0) is 62.4 Å². The Morgan fingerprint density at radius 2 is 1.49 bits per heavy atom. The third kappa shape index (κ3) is 17.8. The molecule has 8 amide bonds. The second-order valence-electron chi connectivity index (χ2n) is 17.8. The van der Waals surface area contributed by atoms with Crippen molar-refractivity contribution in [1.82, 2.24) is 57.5 Å². The van der Waals surface area contributed by atoms with E-state index in [0.29, 0.717) is 29.7 Å². The van der Waals surface area contributed by atoms with Crippen molar-refractivity contribution in [3.8, 4) is 0 Å². The van der Waals surface area contributed by atoms with E-state index in [1.807, 2.05) is 19.1 Å². The molecule has 15 N–H and O–H groups in total. The van der Waals surface area contributed by atoms with Crippen LogP contribution in [0.25, 0.3) is 10.9 Å². The van der Waals surface area contributed by atoms with E-state index in [4.69, 9.17) is 11.5 Å². The van der Waals surface area contributed by atoms with E-state index in [-0.39, 0.29) is 76.8 Å². The predicted molar refractivity (Wildman–Crippen MR) is 268 cm³/mol. The number of aromatic amines is 2. The average Bonchev–Trinajstić information content (AvgIpc) is 4.03. The van der Waals surface area contributed by atoms with Gasteiger partial charge in [-0.15, -0.1) is 0 Å². The number of carboxylic acid groups (broad SMARTS) is 1. The fraction of sp³-hybridized carbons (Fsp3) is 0.449. The minimum atomic E-state index is -1.49. The van der Waals surface area contributed by atoms with E-state index < -0.39 is 95.5 Å². The van der Waals surface area contributed by atoms with Gasteiger partial charge in [0, 0.05) is 74.7 Å². The van der Waals surface area contributed by atoms with Gasteiger partial charge in [-0.3, -0.25) is 43.3 Å². The zero-order valence-electron chi connectivity index (χ0n) is 40.8. The highest BCUT2D eigenvalue weighted by atomic mass is 16.4. The minimum Gasteiger partial charge on any atom is -0.480 e. The van der Waals surface area contributed by atoms with Gasteiger partial charge in [-0.2, -0.15) is 0 Å². The van der Waals surface area contributed by atoms with Gasteiger partial charge in [-0.05, 0) is 49.3 Å². The number of nitrogens with one attached hydrogen (secondary N) is 10. The first kappa shape index (κ1) is 55.6. The van der Waals surface area contributed by atoms with Crippen LogP contribution in [0.15, 0.2) is 78.3 Å². The van der Waals surface area contributed by atoms with Gasteiger partial charge >= 0.3 is 5.97 Å². The number of hydrogen-bond acceptors (Lipinski definition) is 11. The SMILES string of the molecule is CCCC[C@H](NC(C)=O)C(=O)N[C@H]1CCC(=O)NCCC(C(=O)N[C@@H](Cc2c[nH]c3ccccc23)C(=O)O)NC(=O)[C@H](CCCN=C(N)N)NC(=O)[C@@H](Cc2ccccc2)NC(=O)[C@H](Cc2cnc[nH]2)NC1=O. The minimum absolute atomic E-state index is 0.0410. The molecular formula is C49H66N14O10. The van der Waals surface area contributed by atoms with E-state index in [9.17, 15) is 48.3 Å². The number of nitrogens with zero attached hydrogens (tertiary/aromatic N) is 2. The number of aromatic nitrogens is 3. The maximum atomic E-state index is 14.5. The zero-order valence-corrected chi connectivity index (χ0v) is 40.8. The van der Waals surface area contributed by atoms with Crippen LogP contribution in [0.1, 0.15) is 82.0 Å². The van der Waals surface area contributed by atoms with Crippen molar-refractivity contribution in [2.75, 3.05) is 13.1 Å². The fourth-order valence-corrected chi connectivity index (χ4v) is 8.19. The first-order valence-corrected chi connectivity index (χ1v) is 24.2. The van der Waals surface area contributed by atoms with E-state index in [1.54, 1.807) is 48.7 Å². The van der Waals surface area contributed by atoms with Gasteiger partial charge in [0.25, 0.3) is 0 Å². The Kier molecular flexibility index (Phi) is 21.3. The van der Waals surface area contributed by atoms with Crippen LogP contribution in [0.3, 0.4) is 0 Å². The normalized spacial score (nSPS) is 20.2. The molecule has 0 saturated carbocycles. The summed E-state index contributed by atoms with van der Waals surface area (Å²) in [5.74, 6) is -7.74. The highest BCUT2D eigenvalue weighted by molar-refractivity contribution is 5.98. The number of fused-ring (bicyclic) bond motifs is 1. The molecule has 1 aliphatic rings. The lowest BCUT2D eigenvalue weighted by molar-refractivity contribution is -0.142. The number of amides is 8. The lowest BCUT2D eigenvalue weighted by Crippen LogP contribution is -2.60. The molecule has 1 aliphatic heterocycles. The molecule has 0 radical (unpaired) electrons. The zero-order chi connectivity index (χ0) is 52.9. The molecule has 1 fully saturated rings. The van der Waals surface area contributed by atoms with Crippen LogP contribution in [0.5, 0.6) is 0 Å². The molecule has 392 valence electrons. The van der Waals surface area contributed by atoms with Gasteiger partial charge in [-0.1, -0.05) is 68.3 Å². The maximum absolute atomic E-state index is 14.5. The van der Waals surface area contributed by atoms with Crippen molar-refractivity contribution < 1.29 is 48.3 Å². The largest absolute Gasteiger partial charge is 0.480 e. The van der Waals surface area contributed by atoms with Gasteiger partial charge in [0.1, 0.15) is 42.3 Å². The molecule has 24 heteroatoms. The van der Waals surface area contributed by atoms with E-state index >= 15 is 0 Å². The number of carbonyl (C=O) groups is 9. The molecule has 7 atom stereocenters. The summed E-state index contributed by atoms with van der Waals surface area (Å²) in [5, 5.41) is 32.3. The molecule has 0 aliphatic carbocycles. The van der Waals surface area contributed by atoms with Gasteiger partial charge in [-0.25, -0.2) is 9.78 Å². The van der Waals surface area contributed by atoms with Crippen molar-refractivity contribution in [3.63, 3.8) is 0 Å². The predicted octanol–water partition coefficient (Wildman–Crippen LogP) is -1.04. The highest BCUT2D eigenvalue weighted by Crippen LogP contribution is 2.20. The number of para-hydroxylation sites is 1. The van der Waals surface area contributed by atoms with Crippen LogP contribution < -0.4 is 54.0 Å². The number of guanidine groups is 1. The van der Waals surface area contributed by atoms with Crippen LogP contribution in [0.4, 0.5) is 0 Å². The van der Waals surface area contributed by atoms with Crippen molar-refractivity contribution in [2.45, 2.75) is 127 Å². The Morgan fingerprint density at radius 1 is 0.808 bits per heavy atom. The molecule has 24 nitrogen and oxygen atoms in total. The van der Waals surface area contributed by atoms with Gasteiger partial charge in [0.2, 0.25) is 47.3 Å². The summed E-state index contributed by atoms with van der Waals surface area (Å²) in [6.07, 6.45) is 4.61. The lowest BCUT2D eigenvalue weighted by atomic mass is 10.0. The van der Waals surface area contributed by atoms with Crippen molar-refractivity contribution in [1.29, 1.82) is 0 Å². The fourth-order valence-electron chi connectivity index (χ4n) is 8.19. The number of aliphatic carboxylic acids is 1. The third-order valence-electron chi connectivity index (χ3n) is 12.0. The number of carbonyl (C=O) groups excluding carboxylic acids is 8. The molecule has 3 heterocycles. The summed E-state index contributed by atoms with van der Waals surface area (Å²) in [4.78, 5) is 138. The summed E-state index contributed by atoms with van der Waals surface area (Å²) in [6, 6.07) is 6.23. The van der Waals surface area contributed by atoms with Crippen LogP contribution in [0.2, 0.25) is 0 Å². The highest BCUT2D eigenvalue weighted by Gasteiger charge is 2.35. The van der Waals surface area contributed by atoms with Crippen molar-refractivity contribution in [2.24, 2.45) is 16.5 Å². The lowest BCUT2D eigenvalue weighted by Gasteiger charge is -2.27. The van der Waals surface area contributed by atoms with Crippen molar-refractivity contribution in [3.05, 3.63) is 90.1 Å². The molecule has 2 aromatic carbocycles. The second-order valence-corrected chi connectivity index (χ2v) is 17.8. The third-order valence-corrected chi connectivity index (χ3v) is 12.0. The Labute approximate surface area is 421 Å². The summed E-state index contributed by atoms with van der Waals surface area (Å²) in [6.45, 7) is 2.93. The Balaban J connectivity index is 1.52. The monoisotopic (exact) mass is 1010 g/mol. The summed E-state index contributed by atoms with van der Waals surface area (Å²) in [7, 11) is 0. The molecule has 1 saturated heterocycles. The molecule has 1 unspecified atom stereocenters. The van der Waals surface area contributed by atoms with Crippen LogP contribution in [0, 0.1) is 0 Å². The molecule has 5 rings (SSSR count). The van der Waals surface area contributed by atoms with E-state index in [2.05, 4.69) is 62.5 Å². The molecule has 0 spiro atoms. The number of hydrogen-bond donors (Lipinski definition) is 13. The first-order chi connectivity index (χ1) is 35.0. The molecule has 2 aromatic heterocycles. The molecule has 73 heavy (non-hydrogen) atoms. The number of benzene rings is 2. The smallest absolute Gasteiger partial charge is 0.326 e.